The van der Waals surface area contributed by atoms with E-state index in [1.54, 1.807) is 0 Å². The molecule has 16 heteroatoms. The number of hydrogen-bond acceptors (Lipinski definition) is 9. The zero-order chi connectivity index (χ0) is 13.5. The smallest absolute Gasteiger partial charge is 0.726 e. The maximum absolute atomic E-state index is 8.63. The van der Waals surface area contributed by atoms with Gasteiger partial charge in [0.25, 0.3) is 0 Å². The third kappa shape index (κ3) is 3160. The molecule has 0 saturated carbocycles. The molecular formula is H3NdO12S3. The second-order valence-corrected chi connectivity index (χ2v) is 3.85. The molecule has 0 aliphatic carbocycles. The standard InChI is InChI=1S/Nd.3H2O4S/c;3*1-5(2,3)4/h;3*(H2,1,2,3,4)/q+3;;;/p-3. The van der Waals surface area contributed by atoms with E-state index < -0.39 is 31.2 Å². The summed E-state index contributed by atoms with van der Waals surface area (Å²) in [5, 5.41) is 0. The van der Waals surface area contributed by atoms with E-state index in [-0.39, 0.29) is 40.8 Å². The topological polar surface area (TPSA) is 232 Å². The van der Waals surface area contributed by atoms with Crippen molar-refractivity contribution >= 4 is 31.2 Å². The first-order valence-electron chi connectivity index (χ1n) is 2.05. The fourth-order valence-electron chi connectivity index (χ4n) is 0. The molecule has 0 aromatic heterocycles. The van der Waals surface area contributed by atoms with Crippen molar-refractivity contribution in [2.24, 2.45) is 0 Å². The summed E-state index contributed by atoms with van der Waals surface area (Å²) in [6, 6.07) is 0. The van der Waals surface area contributed by atoms with Crippen LogP contribution in [0.3, 0.4) is 0 Å². The van der Waals surface area contributed by atoms with Crippen LogP contribution in [0.15, 0.2) is 0 Å². The Bertz CT molecular complexity index is 337. The summed E-state index contributed by atoms with van der Waals surface area (Å²) in [6.07, 6.45) is 0. The third-order valence-electron chi connectivity index (χ3n) is 0. The zero-order valence-corrected chi connectivity index (χ0v) is 12.4. The molecule has 0 bridgehead atoms. The van der Waals surface area contributed by atoms with E-state index in [1.807, 2.05) is 0 Å². The third-order valence-corrected chi connectivity index (χ3v) is 0. The average molecular weight is 435 g/mol. The second-order valence-electron chi connectivity index (χ2n) is 1.28. The van der Waals surface area contributed by atoms with Crippen molar-refractivity contribution in [3.8, 4) is 0 Å². The zero-order valence-electron chi connectivity index (χ0n) is 6.74. The summed E-state index contributed by atoms with van der Waals surface area (Å²) in [6.45, 7) is 0. The molecule has 1 radical (unpaired) electrons. The molecule has 0 aliphatic rings. The summed E-state index contributed by atoms with van der Waals surface area (Å²) in [4.78, 5) is 0. The van der Waals surface area contributed by atoms with Gasteiger partial charge in [-0.05, 0) is 0 Å². The van der Waals surface area contributed by atoms with E-state index >= 15 is 0 Å². The molecule has 0 heterocycles. The molecule has 0 amide bonds. The molecule has 0 aliphatic heterocycles. The Morgan fingerprint density at radius 1 is 0.562 bits per heavy atom. The summed E-state index contributed by atoms with van der Waals surface area (Å²) >= 11 is 0. The van der Waals surface area contributed by atoms with Crippen LogP contribution >= 0.6 is 0 Å². The first-order chi connectivity index (χ1) is 6.00. The molecule has 0 aromatic carbocycles. The Morgan fingerprint density at radius 2 is 0.562 bits per heavy atom. The Hall–Kier alpha value is 0.961. The number of hydrogen-bond donors (Lipinski definition) is 3. The van der Waals surface area contributed by atoms with E-state index in [4.69, 9.17) is 52.6 Å². The molecule has 0 saturated heterocycles. The van der Waals surface area contributed by atoms with Gasteiger partial charge in [0.1, 0.15) is 0 Å². The minimum absolute atomic E-state index is 0. The van der Waals surface area contributed by atoms with Crippen molar-refractivity contribution in [2.75, 3.05) is 0 Å². The maximum atomic E-state index is 8.63. The van der Waals surface area contributed by atoms with Crippen LogP contribution < -0.4 is 0 Å². The van der Waals surface area contributed by atoms with Gasteiger partial charge >= 0.3 is 40.8 Å². The van der Waals surface area contributed by atoms with E-state index in [0.717, 1.165) is 0 Å². The fraction of sp³-hybridized carbons (Fsp3) is 0. The summed E-state index contributed by atoms with van der Waals surface area (Å²) in [7, 11) is -14.7. The van der Waals surface area contributed by atoms with E-state index in [0.29, 0.717) is 0 Å². The van der Waals surface area contributed by atoms with E-state index in [9.17, 15) is 0 Å². The van der Waals surface area contributed by atoms with Gasteiger partial charge in [-0.25, -0.2) is 25.3 Å². The fourth-order valence-corrected chi connectivity index (χ4v) is 0. The molecule has 12 nitrogen and oxygen atoms in total. The molecule has 0 aromatic rings. The van der Waals surface area contributed by atoms with Gasteiger partial charge in [-0.15, -0.1) is 0 Å². The summed E-state index contributed by atoms with van der Waals surface area (Å²) < 4.78 is 98.5. The number of rotatable bonds is 0. The summed E-state index contributed by atoms with van der Waals surface area (Å²) in [5.41, 5.74) is 0. The van der Waals surface area contributed by atoms with Gasteiger partial charge in [0.2, 0.25) is 31.2 Å². The van der Waals surface area contributed by atoms with Crippen molar-refractivity contribution in [2.45, 2.75) is 0 Å². The van der Waals surface area contributed by atoms with Crippen LogP contribution in [0.25, 0.3) is 0 Å². The van der Waals surface area contributed by atoms with Crippen LogP contribution in [0.5, 0.6) is 0 Å². The van der Waals surface area contributed by atoms with Crippen molar-refractivity contribution in [1.82, 2.24) is 0 Å². The minimum atomic E-state index is -4.92. The second kappa shape index (κ2) is 9.94. The Kier molecular flexibility index (Phi) is 16.0. The van der Waals surface area contributed by atoms with Gasteiger partial charge in [0.05, 0.1) is 0 Å². The first-order valence-corrected chi connectivity index (χ1v) is 6.14. The van der Waals surface area contributed by atoms with Crippen molar-refractivity contribution in [3.63, 3.8) is 0 Å². The minimum Gasteiger partial charge on any atom is -0.726 e. The van der Waals surface area contributed by atoms with Crippen LogP contribution in [-0.2, 0) is 31.2 Å². The largest absolute Gasteiger partial charge is 3.00 e. The first kappa shape index (κ1) is 25.7. The molecule has 97 valence electrons. The molecule has 0 rings (SSSR count). The molecule has 0 spiro atoms. The summed E-state index contributed by atoms with van der Waals surface area (Å²) in [5.74, 6) is 0. The van der Waals surface area contributed by atoms with Crippen LogP contribution in [0.2, 0.25) is 0 Å². The van der Waals surface area contributed by atoms with Gasteiger partial charge in [0.15, 0.2) is 0 Å². The molecular weight excluding hydrogens is 432 g/mol. The monoisotopic (exact) mass is 433 g/mol. The van der Waals surface area contributed by atoms with Gasteiger partial charge in [-0.3, -0.25) is 13.7 Å². The Balaban J connectivity index is -0.0000000655. The maximum Gasteiger partial charge on any atom is 3.00 e. The van der Waals surface area contributed by atoms with E-state index in [1.165, 1.54) is 0 Å². The molecule has 0 unspecified atom stereocenters. The van der Waals surface area contributed by atoms with Crippen LogP contribution in [-0.4, -0.2) is 52.6 Å². The molecule has 0 fully saturated rings. The van der Waals surface area contributed by atoms with E-state index in [2.05, 4.69) is 0 Å². The normalized spacial score (nSPS) is 10.9. The van der Waals surface area contributed by atoms with Gasteiger partial charge < -0.3 is 13.7 Å². The van der Waals surface area contributed by atoms with Crippen molar-refractivity contribution in [3.05, 3.63) is 0 Å². The van der Waals surface area contributed by atoms with Crippen LogP contribution in [0.1, 0.15) is 0 Å². The van der Waals surface area contributed by atoms with Crippen molar-refractivity contribution in [1.29, 1.82) is 0 Å². The van der Waals surface area contributed by atoms with Crippen LogP contribution in [0.4, 0.5) is 0 Å². The van der Waals surface area contributed by atoms with Gasteiger partial charge in [-0.2, -0.15) is 0 Å². The molecule has 16 heavy (non-hydrogen) atoms. The van der Waals surface area contributed by atoms with Crippen molar-refractivity contribution < 1.29 is 93.4 Å². The van der Waals surface area contributed by atoms with Crippen LogP contribution in [0, 0.1) is 40.8 Å². The molecule has 3 N–H and O–H groups in total. The SMILES string of the molecule is O=S(=O)([O-])O.O=S(=O)([O-])O.O=S(=O)([O-])O.[Nd+3]. The van der Waals surface area contributed by atoms with Gasteiger partial charge in [0, 0.05) is 0 Å². The van der Waals surface area contributed by atoms with Gasteiger partial charge in [-0.1, -0.05) is 0 Å². The predicted octanol–water partition coefficient (Wildman–Crippen LogP) is -2.99. The molecule has 0 atom stereocenters. The predicted molar refractivity (Wildman–Crippen MR) is 37.0 cm³/mol. The quantitative estimate of drug-likeness (QED) is 0.255. The average Bonchev–Trinajstić information content (AvgIpc) is 1.41. The Morgan fingerprint density at radius 3 is 0.562 bits per heavy atom. The Labute approximate surface area is 123 Å².